The maximum atomic E-state index is 12.9. The third-order valence-electron chi connectivity index (χ3n) is 11.7. The minimum atomic E-state index is -1.55. The first-order valence-corrected chi connectivity index (χ1v) is 27.0. The molecule has 0 spiro atoms. The van der Waals surface area contributed by atoms with Gasteiger partial charge in [0.25, 0.3) is 0 Å². The quantitative estimate of drug-likeness (QED) is 0.0267. The van der Waals surface area contributed by atoms with Crippen LogP contribution in [-0.2, 0) is 23.7 Å². The maximum Gasteiger partial charge on any atom is 0.306 e. The van der Waals surface area contributed by atoms with E-state index in [1.54, 1.807) is 0 Å². The Kier molecular flexibility index (Phi) is 45.2. The highest BCUT2D eigenvalue weighted by Gasteiger charge is 2.44. The molecular weight excluding hydrogens is 853 g/mol. The normalized spacial score (nSPS) is 20.0. The smallest absolute Gasteiger partial charge is 0.306 e. The van der Waals surface area contributed by atoms with Gasteiger partial charge in [-0.25, -0.2) is 0 Å². The van der Waals surface area contributed by atoms with Gasteiger partial charge < -0.3 is 39.4 Å². The lowest BCUT2D eigenvalue weighted by Gasteiger charge is -2.39. The average Bonchev–Trinajstić information content (AvgIpc) is 3.34. The molecule has 0 amide bonds. The predicted octanol–water partition coefficient (Wildman–Crippen LogP) is 13.7. The van der Waals surface area contributed by atoms with E-state index in [1.807, 2.05) is 0 Å². The van der Waals surface area contributed by atoms with Crippen molar-refractivity contribution in [2.75, 3.05) is 26.4 Å². The molecule has 1 aliphatic rings. The molecule has 0 aliphatic carbocycles. The summed E-state index contributed by atoms with van der Waals surface area (Å²) in [5.74, 6) is -0.332. The van der Waals surface area contributed by atoms with Crippen LogP contribution in [0.1, 0.15) is 194 Å². The lowest BCUT2D eigenvalue weighted by Crippen LogP contribution is -2.59. The standard InChI is InChI=1S/C59H98O9/c1-3-5-7-9-11-13-15-17-19-21-23-24-25-26-27-28-29-31-33-35-37-39-41-43-45-47-49-65-51-53(52-66-59-58(64)57(63)56(62)54(50-60)68-59)67-55(61)48-46-44-42-40-38-36-34-32-30-22-20-18-16-14-12-10-8-6-4-2/h5,7,11-14,17-20,23-24,26-27,29,31,35,37,53-54,56-60,62-64H,3-4,6,8-10,15-16,21-22,25,28,30,32-34,36,38-52H2,1-2H3/b7-5-,13-11-,14-12-,19-17-,20-18-,24-23-,27-26-,31-29-,37-35-. The summed E-state index contributed by atoms with van der Waals surface area (Å²) in [6.07, 6.45) is 62.6. The molecule has 1 heterocycles. The number of aliphatic hydroxyl groups excluding tert-OH is 4. The SMILES string of the molecule is CC/C=C\C/C=C\C/C=C\C/C=C\C/C=C\C/C=C\C/C=C\CCCCCCOCC(COC1OC(CO)C(O)C(O)C1O)OC(=O)CCCCCCCCCCC/C=C\C/C=C\CCCCC. The van der Waals surface area contributed by atoms with E-state index in [2.05, 4.69) is 123 Å². The highest BCUT2D eigenvalue weighted by molar-refractivity contribution is 5.69. The topological polar surface area (TPSA) is 135 Å². The number of carbonyl (C=O) groups is 1. The lowest BCUT2D eigenvalue weighted by atomic mass is 9.99. The van der Waals surface area contributed by atoms with Crippen LogP contribution in [0.3, 0.4) is 0 Å². The third-order valence-corrected chi connectivity index (χ3v) is 11.7. The highest BCUT2D eigenvalue weighted by Crippen LogP contribution is 2.22. The van der Waals surface area contributed by atoms with Gasteiger partial charge >= 0.3 is 5.97 Å². The largest absolute Gasteiger partial charge is 0.457 e. The van der Waals surface area contributed by atoms with Crippen molar-refractivity contribution in [1.82, 2.24) is 0 Å². The van der Waals surface area contributed by atoms with Gasteiger partial charge in [-0.05, 0) is 103 Å². The third kappa shape index (κ3) is 38.7. The van der Waals surface area contributed by atoms with Crippen LogP contribution in [0.5, 0.6) is 0 Å². The molecule has 1 saturated heterocycles. The fraction of sp³-hybridized carbons (Fsp3) is 0.678. The van der Waals surface area contributed by atoms with Gasteiger partial charge in [0.15, 0.2) is 6.29 Å². The number of hydrogen-bond donors (Lipinski definition) is 4. The summed E-state index contributed by atoms with van der Waals surface area (Å²) in [7, 11) is 0. The van der Waals surface area contributed by atoms with Crippen LogP contribution in [0.2, 0.25) is 0 Å². The first-order valence-electron chi connectivity index (χ1n) is 27.0. The minimum absolute atomic E-state index is 0.118. The molecule has 0 radical (unpaired) electrons. The molecule has 6 unspecified atom stereocenters. The van der Waals surface area contributed by atoms with E-state index in [0.29, 0.717) is 13.0 Å². The molecule has 9 nitrogen and oxygen atoms in total. The average molecular weight is 951 g/mol. The molecule has 1 rings (SSSR count). The summed E-state index contributed by atoms with van der Waals surface area (Å²) in [6.45, 7) is 4.34. The van der Waals surface area contributed by atoms with Crippen molar-refractivity contribution in [3.63, 3.8) is 0 Å². The Morgan fingerprint density at radius 3 is 1.35 bits per heavy atom. The van der Waals surface area contributed by atoms with Crippen molar-refractivity contribution in [1.29, 1.82) is 0 Å². The number of unbranched alkanes of at least 4 members (excludes halogenated alkanes) is 16. The Hall–Kier alpha value is -3.15. The monoisotopic (exact) mass is 951 g/mol. The van der Waals surface area contributed by atoms with Crippen LogP contribution in [0.25, 0.3) is 0 Å². The van der Waals surface area contributed by atoms with E-state index in [-0.39, 0.29) is 19.2 Å². The van der Waals surface area contributed by atoms with Gasteiger partial charge in [0.05, 0.1) is 19.8 Å². The summed E-state index contributed by atoms with van der Waals surface area (Å²) in [5.41, 5.74) is 0. The Morgan fingerprint density at radius 1 is 0.485 bits per heavy atom. The van der Waals surface area contributed by atoms with Gasteiger partial charge in [-0.2, -0.15) is 0 Å². The van der Waals surface area contributed by atoms with Crippen LogP contribution in [-0.4, -0.2) is 89.6 Å². The molecule has 0 aromatic heterocycles. The minimum Gasteiger partial charge on any atom is -0.457 e. The van der Waals surface area contributed by atoms with Gasteiger partial charge in [0, 0.05) is 13.0 Å². The second-order valence-corrected chi connectivity index (χ2v) is 17.9. The Morgan fingerprint density at radius 2 is 0.897 bits per heavy atom. The zero-order valence-electron chi connectivity index (χ0n) is 42.8. The molecule has 6 atom stereocenters. The van der Waals surface area contributed by atoms with Crippen molar-refractivity contribution in [3.05, 3.63) is 109 Å². The Balaban J connectivity index is 2.23. The summed E-state index contributed by atoms with van der Waals surface area (Å²) in [5, 5.41) is 40.3. The summed E-state index contributed by atoms with van der Waals surface area (Å²) >= 11 is 0. The molecule has 0 aromatic carbocycles. The fourth-order valence-corrected chi connectivity index (χ4v) is 7.50. The molecule has 0 aromatic rings. The summed E-state index contributed by atoms with van der Waals surface area (Å²) < 4.78 is 22.9. The first-order chi connectivity index (χ1) is 33.4. The first kappa shape index (κ1) is 62.9. The van der Waals surface area contributed by atoms with E-state index < -0.39 is 43.4 Å². The molecule has 0 saturated carbocycles. The maximum absolute atomic E-state index is 12.9. The van der Waals surface area contributed by atoms with Gasteiger partial charge in [0.2, 0.25) is 0 Å². The summed E-state index contributed by atoms with van der Waals surface area (Å²) in [6, 6.07) is 0. The lowest BCUT2D eigenvalue weighted by molar-refractivity contribution is -0.305. The van der Waals surface area contributed by atoms with Gasteiger partial charge in [-0.3, -0.25) is 4.79 Å². The zero-order valence-corrected chi connectivity index (χ0v) is 42.8. The Bertz CT molecular complexity index is 1410. The molecule has 9 heteroatoms. The molecule has 388 valence electrons. The van der Waals surface area contributed by atoms with Gasteiger partial charge in [-0.1, -0.05) is 194 Å². The summed E-state index contributed by atoms with van der Waals surface area (Å²) in [4.78, 5) is 12.9. The zero-order chi connectivity index (χ0) is 49.2. The molecule has 0 bridgehead atoms. The molecule has 4 N–H and O–H groups in total. The predicted molar refractivity (Wildman–Crippen MR) is 283 cm³/mol. The van der Waals surface area contributed by atoms with E-state index in [1.165, 1.54) is 70.6 Å². The number of aliphatic hydroxyl groups is 4. The van der Waals surface area contributed by atoms with E-state index in [9.17, 15) is 25.2 Å². The van der Waals surface area contributed by atoms with Gasteiger partial charge in [0.1, 0.15) is 30.5 Å². The number of rotatable bonds is 45. The Labute approximate surface area is 414 Å². The second-order valence-electron chi connectivity index (χ2n) is 17.9. The van der Waals surface area contributed by atoms with Gasteiger partial charge in [-0.15, -0.1) is 0 Å². The van der Waals surface area contributed by atoms with E-state index in [4.69, 9.17) is 18.9 Å². The second kappa shape index (κ2) is 48.9. The van der Waals surface area contributed by atoms with Crippen molar-refractivity contribution in [2.45, 2.75) is 230 Å². The van der Waals surface area contributed by atoms with Crippen molar-refractivity contribution in [2.24, 2.45) is 0 Å². The molecular formula is C59H98O9. The number of ether oxygens (including phenoxy) is 4. The molecule has 1 fully saturated rings. The number of carbonyl (C=O) groups excluding carboxylic acids is 1. The molecule has 68 heavy (non-hydrogen) atoms. The van der Waals surface area contributed by atoms with Crippen molar-refractivity contribution < 1.29 is 44.2 Å². The van der Waals surface area contributed by atoms with Crippen LogP contribution < -0.4 is 0 Å². The van der Waals surface area contributed by atoms with Crippen molar-refractivity contribution in [3.8, 4) is 0 Å². The highest BCUT2D eigenvalue weighted by atomic mass is 16.7. The fourth-order valence-electron chi connectivity index (χ4n) is 7.50. The molecule has 1 aliphatic heterocycles. The number of allylic oxidation sites excluding steroid dienone is 18. The number of esters is 1. The van der Waals surface area contributed by atoms with E-state index in [0.717, 1.165) is 103 Å². The number of hydrogen-bond acceptors (Lipinski definition) is 9. The van der Waals surface area contributed by atoms with Crippen LogP contribution in [0.15, 0.2) is 109 Å². The van der Waals surface area contributed by atoms with Crippen LogP contribution >= 0.6 is 0 Å². The van der Waals surface area contributed by atoms with Crippen molar-refractivity contribution >= 4 is 5.97 Å². The van der Waals surface area contributed by atoms with E-state index >= 15 is 0 Å². The van der Waals surface area contributed by atoms with Crippen LogP contribution in [0.4, 0.5) is 0 Å². The van der Waals surface area contributed by atoms with Crippen LogP contribution in [0, 0.1) is 0 Å².